The zero-order valence-corrected chi connectivity index (χ0v) is 26.1. The fourth-order valence-corrected chi connectivity index (χ4v) is 2.43. The van der Waals surface area contributed by atoms with E-state index in [1.165, 1.54) is 0 Å². The number of hydrogen-bond acceptors (Lipinski definition) is 12. The summed E-state index contributed by atoms with van der Waals surface area (Å²) < 4.78 is 0. The van der Waals surface area contributed by atoms with Crippen LogP contribution in [0.3, 0.4) is 0 Å². The average molecular weight is 636 g/mol. The van der Waals surface area contributed by atoms with Crippen LogP contribution in [-0.2, 0) is 64.6 Å². The normalized spacial score (nSPS) is 9.23. The number of carboxylic acid groups (broad SMARTS) is 4. The molecule has 0 bridgehead atoms. The topological polar surface area (TPSA) is 229 Å². The van der Waals surface area contributed by atoms with Crippen LogP contribution in [0.25, 0.3) is 0 Å². The summed E-state index contributed by atoms with van der Waals surface area (Å²) in [6.07, 6.45) is 0.972. The molecule has 0 aliphatic carbocycles. The third-order valence-electron chi connectivity index (χ3n) is 3.70. The molecule has 0 spiro atoms. The predicted octanol–water partition coefficient (Wildman–Crippen LogP) is -1.53. The third kappa shape index (κ3) is 52.6. The molecule has 0 aliphatic heterocycles. The molecular weight excluding hydrogens is 595 g/mol. The molecule has 0 aromatic heterocycles. The molecular formula is C26H40O12Zr. The first-order valence-electron chi connectivity index (χ1n) is 12.2. The summed E-state index contributed by atoms with van der Waals surface area (Å²) in [5, 5.41) is 39.2. The molecule has 0 N–H and O–H groups in total. The SMILES string of the molecule is CC(C)CC(=O)CC(=O)[O-].CC(C)CC(=O)CC(=O)[O-].CCCC(=O)CC(=O)[O-].CCCC(=O)CC(=O)[O-].[Zr+4]. The van der Waals surface area contributed by atoms with Gasteiger partial charge in [0.2, 0.25) is 0 Å². The van der Waals surface area contributed by atoms with E-state index in [4.69, 9.17) is 0 Å². The van der Waals surface area contributed by atoms with Gasteiger partial charge in [-0.2, -0.15) is 0 Å². The second kappa shape index (κ2) is 30.0. The van der Waals surface area contributed by atoms with Gasteiger partial charge in [-0.1, -0.05) is 41.5 Å². The van der Waals surface area contributed by atoms with Crippen molar-refractivity contribution in [3.05, 3.63) is 0 Å². The molecule has 13 heteroatoms. The first-order valence-corrected chi connectivity index (χ1v) is 12.2. The molecule has 0 aliphatic rings. The Bertz CT molecular complexity index is 709. The van der Waals surface area contributed by atoms with E-state index in [-0.39, 0.29) is 61.2 Å². The van der Waals surface area contributed by atoms with Gasteiger partial charge in [0.05, 0.1) is 0 Å². The third-order valence-corrected chi connectivity index (χ3v) is 3.70. The van der Waals surface area contributed by atoms with Crippen LogP contribution in [0.4, 0.5) is 0 Å². The molecule has 0 radical (unpaired) electrons. The van der Waals surface area contributed by atoms with Crippen molar-refractivity contribution < 1.29 is 85.0 Å². The molecule has 12 nitrogen and oxygen atoms in total. The standard InChI is InChI=1S/2C7H12O3.2C6H10O3.Zr/c2*1-5(2)3-6(8)4-7(9)10;2*1-2-3-5(7)4-6(8)9;/h2*5H,3-4H2,1-2H3,(H,9,10);2*2-4H2,1H3,(H,8,9);/q;;;;+4/p-4. The van der Waals surface area contributed by atoms with Crippen molar-refractivity contribution in [2.45, 2.75) is 106 Å². The first-order chi connectivity index (χ1) is 17.4. The van der Waals surface area contributed by atoms with Crippen LogP contribution in [0.5, 0.6) is 0 Å². The predicted molar refractivity (Wildman–Crippen MR) is 127 cm³/mol. The van der Waals surface area contributed by atoms with Gasteiger partial charge in [-0.15, -0.1) is 0 Å². The van der Waals surface area contributed by atoms with Crippen molar-refractivity contribution in [2.75, 3.05) is 0 Å². The fraction of sp³-hybridized carbons (Fsp3) is 0.692. The molecule has 0 aromatic carbocycles. The molecule has 0 heterocycles. The van der Waals surface area contributed by atoms with E-state index in [2.05, 4.69) is 0 Å². The maximum atomic E-state index is 10.6. The van der Waals surface area contributed by atoms with E-state index in [0.717, 1.165) is 0 Å². The first kappa shape index (κ1) is 46.3. The summed E-state index contributed by atoms with van der Waals surface area (Å²) in [6.45, 7) is 11.1. The molecule has 0 rings (SSSR count). The Morgan fingerprint density at radius 3 is 0.821 bits per heavy atom. The fourth-order valence-electron chi connectivity index (χ4n) is 2.43. The van der Waals surface area contributed by atoms with Crippen molar-refractivity contribution in [3.8, 4) is 0 Å². The van der Waals surface area contributed by atoms with E-state index < -0.39 is 49.6 Å². The van der Waals surface area contributed by atoms with E-state index in [1.807, 2.05) is 41.5 Å². The Labute approximate surface area is 249 Å². The molecule has 220 valence electrons. The summed E-state index contributed by atoms with van der Waals surface area (Å²) >= 11 is 0. The van der Waals surface area contributed by atoms with Gasteiger partial charge >= 0.3 is 26.2 Å². The molecule has 39 heavy (non-hydrogen) atoms. The van der Waals surface area contributed by atoms with Crippen LogP contribution in [0, 0.1) is 11.8 Å². The maximum absolute atomic E-state index is 10.6. The summed E-state index contributed by atoms with van der Waals surface area (Å²) in [7, 11) is 0. The minimum Gasteiger partial charge on any atom is -0.550 e. The molecule has 0 amide bonds. The van der Waals surface area contributed by atoms with Gasteiger partial charge in [-0.25, -0.2) is 0 Å². The van der Waals surface area contributed by atoms with Crippen LogP contribution >= 0.6 is 0 Å². The number of carboxylic acids is 4. The number of carbonyl (C=O) groups excluding carboxylic acids is 8. The molecule has 0 saturated carbocycles. The van der Waals surface area contributed by atoms with E-state index in [9.17, 15) is 58.8 Å². The number of Topliss-reactive ketones (excluding diaryl/α,β-unsaturated/α-hetero) is 4. The van der Waals surface area contributed by atoms with Gasteiger partial charge in [0, 0.05) is 75.2 Å². The largest absolute Gasteiger partial charge is 4.00 e. The molecule has 0 saturated heterocycles. The second-order valence-electron chi connectivity index (χ2n) is 9.05. The minimum absolute atomic E-state index is 0. The summed E-state index contributed by atoms with van der Waals surface area (Å²) in [4.78, 5) is 81.4. The number of ketones is 4. The van der Waals surface area contributed by atoms with Gasteiger partial charge in [-0.05, 0) is 24.7 Å². The quantitative estimate of drug-likeness (QED) is 0.176. The van der Waals surface area contributed by atoms with Gasteiger partial charge in [0.25, 0.3) is 0 Å². The van der Waals surface area contributed by atoms with Gasteiger partial charge in [-0.3, -0.25) is 19.2 Å². The number of hydrogen-bond donors (Lipinski definition) is 0. The summed E-state index contributed by atoms with van der Waals surface area (Å²) in [6, 6.07) is 0. The number of aliphatic carboxylic acids is 4. The summed E-state index contributed by atoms with van der Waals surface area (Å²) in [5.74, 6) is -5.70. The van der Waals surface area contributed by atoms with Crippen molar-refractivity contribution in [1.82, 2.24) is 0 Å². The molecule has 0 unspecified atom stereocenters. The van der Waals surface area contributed by atoms with E-state index >= 15 is 0 Å². The van der Waals surface area contributed by atoms with E-state index in [1.54, 1.807) is 0 Å². The molecule has 0 fully saturated rings. The van der Waals surface area contributed by atoms with E-state index in [0.29, 0.717) is 38.5 Å². The Balaban J connectivity index is -0.000000131. The second-order valence-corrected chi connectivity index (χ2v) is 9.05. The average Bonchev–Trinajstić information content (AvgIpc) is 2.66. The van der Waals surface area contributed by atoms with Crippen LogP contribution < -0.4 is 20.4 Å². The van der Waals surface area contributed by atoms with Crippen molar-refractivity contribution in [3.63, 3.8) is 0 Å². The van der Waals surface area contributed by atoms with Gasteiger partial charge in [0.15, 0.2) is 0 Å². The smallest absolute Gasteiger partial charge is 0.550 e. The van der Waals surface area contributed by atoms with Gasteiger partial charge < -0.3 is 39.6 Å². The zero-order valence-electron chi connectivity index (χ0n) is 23.6. The number of carbonyl (C=O) groups is 8. The van der Waals surface area contributed by atoms with Gasteiger partial charge in [0.1, 0.15) is 23.1 Å². The maximum Gasteiger partial charge on any atom is 4.00 e. The number of rotatable bonds is 16. The minimum atomic E-state index is -1.29. The van der Waals surface area contributed by atoms with Crippen LogP contribution in [-0.4, -0.2) is 47.0 Å². The van der Waals surface area contributed by atoms with Crippen LogP contribution in [0.1, 0.15) is 106 Å². The Hall–Kier alpha value is -2.56. The van der Waals surface area contributed by atoms with Crippen LogP contribution in [0.2, 0.25) is 0 Å². The molecule has 0 atom stereocenters. The van der Waals surface area contributed by atoms with Crippen molar-refractivity contribution in [1.29, 1.82) is 0 Å². The Morgan fingerprint density at radius 1 is 0.462 bits per heavy atom. The van der Waals surface area contributed by atoms with Crippen molar-refractivity contribution >= 4 is 47.0 Å². The van der Waals surface area contributed by atoms with Crippen molar-refractivity contribution in [2.24, 2.45) is 11.8 Å². The Kier molecular flexibility index (Phi) is 35.6. The van der Waals surface area contributed by atoms with Crippen LogP contribution in [0.15, 0.2) is 0 Å². The molecule has 0 aromatic rings. The Morgan fingerprint density at radius 2 is 0.667 bits per heavy atom. The monoisotopic (exact) mass is 634 g/mol. The zero-order chi connectivity index (χ0) is 30.8. The summed E-state index contributed by atoms with van der Waals surface area (Å²) in [5.41, 5.74) is 0.